The van der Waals surface area contributed by atoms with Crippen molar-refractivity contribution in [2.45, 2.75) is 0 Å². The van der Waals surface area contributed by atoms with Crippen molar-refractivity contribution in [3.8, 4) is 5.75 Å². The average Bonchev–Trinajstić information content (AvgIpc) is 2.85. The first-order valence-electron chi connectivity index (χ1n) is 4.34. The minimum Gasteiger partial charge on any atom is -0.493 e. The summed E-state index contributed by atoms with van der Waals surface area (Å²) in [5.41, 5.74) is 0.382. The summed E-state index contributed by atoms with van der Waals surface area (Å²) >= 11 is 0. The summed E-state index contributed by atoms with van der Waals surface area (Å²) in [7, 11) is 3.18. The molecule has 2 aromatic heterocycles. The standard InChI is InChI=1S/C9H10N4O2/c1-13-7(6(15-2)5-12-13)8(14)9-10-3-4-11-9/h3-5H,1-2H3,(H,10,11). The molecule has 2 rings (SSSR count). The minimum absolute atomic E-state index is 0.239. The lowest BCUT2D eigenvalue weighted by atomic mass is 10.2. The van der Waals surface area contributed by atoms with Crippen LogP contribution in [0.4, 0.5) is 0 Å². The molecule has 0 aliphatic carbocycles. The van der Waals surface area contributed by atoms with Gasteiger partial charge < -0.3 is 9.72 Å². The van der Waals surface area contributed by atoms with Crippen LogP contribution < -0.4 is 4.74 Å². The van der Waals surface area contributed by atoms with Gasteiger partial charge in [-0.05, 0) is 0 Å². The summed E-state index contributed by atoms with van der Waals surface area (Å²) in [6.45, 7) is 0. The third kappa shape index (κ3) is 1.50. The number of nitrogens with one attached hydrogen (secondary N) is 1. The van der Waals surface area contributed by atoms with E-state index in [0.717, 1.165) is 0 Å². The van der Waals surface area contributed by atoms with E-state index < -0.39 is 0 Å². The van der Waals surface area contributed by atoms with Crippen molar-refractivity contribution in [2.24, 2.45) is 7.05 Å². The maximum absolute atomic E-state index is 11.9. The lowest BCUT2D eigenvalue weighted by Gasteiger charge is -2.01. The molecule has 0 aliphatic heterocycles. The third-order valence-electron chi connectivity index (χ3n) is 2.05. The molecule has 0 spiro atoms. The molecule has 0 aromatic carbocycles. The molecule has 0 bridgehead atoms. The fourth-order valence-corrected chi connectivity index (χ4v) is 1.33. The predicted molar refractivity (Wildman–Crippen MR) is 51.8 cm³/mol. The van der Waals surface area contributed by atoms with E-state index in [1.165, 1.54) is 24.2 Å². The lowest BCUT2D eigenvalue weighted by molar-refractivity contribution is 0.101. The summed E-state index contributed by atoms with van der Waals surface area (Å²) < 4.78 is 6.50. The van der Waals surface area contributed by atoms with Crippen molar-refractivity contribution in [2.75, 3.05) is 7.11 Å². The van der Waals surface area contributed by atoms with E-state index in [1.807, 2.05) is 0 Å². The fourth-order valence-electron chi connectivity index (χ4n) is 1.33. The van der Waals surface area contributed by atoms with Gasteiger partial charge in [-0.25, -0.2) is 4.98 Å². The Morgan fingerprint density at radius 1 is 1.60 bits per heavy atom. The molecule has 0 amide bonds. The van der Waals surface area contributed by atoms with E-state index in [0.29, 0.717) is 11.4 Å². The Hall–Kier alpha value is -2.11. The van der Waals surface area contributed by atoms with Gasteiger partial charge in [-0.15, -0.1) is 0 Å². The molecule has 0 unspecified atom stereocenters. The zero-order valence-corrected chi connectivity index (χ0v) is 8.39. The van der Waals surface area contributed by atoms with Crippen molar-refractivity contribution < 1.29 is 9.53 Å². The molecule has 1 N–H and O–H groups in total. The number of hydrogen-bond acceptors (Lipinski definition) is 4. The van der Waals surface area contributed by atoms with Crippen LogP contribution in [0.2, 0.25) is 0 Å². The molecule has 0 radical (unpaired) electrons. The van der Waals surface area contributed by atoms with Gasteiger partial charge in [0.15, 0.2) is 17.3 Å². The monoisotopic (exact) mass is 206 g/mol. The Morgan fingerprint density at radius 3 is 3.00 bits per heavy atom. The van der Waals surface area contributed by atoms with Crippen LogP contribution in [0.1, 0.15) is 16.3 Å². The molecule has 0 saturated carbocycles. The van der Waals surface area contributed by atoms with Crippen LogP contribution in [-0.4, -0.2) is 32.6 Å². The minimum atomic E-state index is -0.239. The molecule has 0 aliphatic rings. The van der Waals surface area contributed by atoms with Gasteiger partial charge >= 0.3 is 0 Å². The fraction of sp³-hybridized carbons (Fsp3) is 0.222. The van der Waals surface area contributed by atoms with Gasteiger partial charge in [0.05, 0.1) is 13.3 Å². The Kier molecular flexibility index (Phi) is 2.24. The molecular weight excluding hydrogens is 196 g/mol. The van der Waals surface area contributed by atoms with Crippen molar-refractivity contribution in [1.29, 1.82) is 0 Å². The second-order valence-corrected chi connectivity index (χ2v) is 2.95. The highest BCUT2D eigenvalue weighted by Gasteiger charge is 2.20. The number of aryl methyl sites for hydroxylation is 1. The highest BCUT2D eigenvalue weighted by atomic mass is 16.5. The smallest absolute Gasteiger partial charge is 0.249 e. The number of carbonyl (C=O) groups is 1. The van der Waals surface area contributed by atoms with Crippen molar-refractivity contribution in [3.63, 3.8) is 0 Å². The van der Waals surface area contributed by atoms with Crippen LogP contribution in [0.3, 0.4) is 0 Å². The maximum Gasteiger partial charge on any atom is 0.249 e. The summed E-state index contributed by atoms with van der Waals surface area (Å²) in [5, 5.41) is 3.95. The molecule has 0 saturated heterocycles. The van der Waals surface area contributed by atoms with Gasteiger partial charge in [0.25, 0.3) is 0 Å². The Labute approximate surface area is 85.9 Å². The van der Waals surface area contributed by atoms with Gasteiger partial charge in [-0.3, -0.25) is 9.48 Å². The highest BCUT2D eigenvalue weighted by Crippen LogP contribution is 2.18. The van der Waals surface area contributed by atoms with Crippen molar-refractivity contribution in [1.82, 2.24) is 19.7 Å². The number of aromatic nitrogens is 4. The molecule has 2 aromatic rings. The van der Waals surface area contributed by atoms with E-state index in [1.54, 1.807) is 13.2 Å². The molecule has 78 valence electrons. The molecule has 15 heavy (non-hydrogen) atoms. The van der Waals surface area contributed by atoms with Gasteiger partial charge in [0, 0.05) is 19.4 Å². The zero-order chi connectivity index (χ0) is 10.8. The van der Waals surface area contributed by atoms with Crippen LogP contribution in [0.25, 0.3) is 0 Å². The first-order chi connectivity index (χ1) is 7.24. The first kappa shape index (κ1) is 9.45. The maximum atomic E-state index is 11.9. The summed E-state index contributed by atoms with van der Waals surface area (Å²) in [6, 6.07) is 0. The van der Waals surface area contributed by atoms with Crippen LogP contribution in [-0.2, 0) is 7.05 Å². The first-order valence-corrected chi connectivity index (χ1v) is 4.34. The highest BCUT2D eigenvalue weighted by molar-refractivity contribution is 6.07. The molecule has 6 heteroatoms. The third-order valence-corrected chi connectivity index (χ3v) is 2.05. The topological polar surface area (TPSA) is 72.8 Å². The lowest BCUT2D eigenvalue weighted by Crippen LogP contribution is -2.11. The summed E-state index contributed by atoms with van der Waals surface area (Å²) in [6.07, 6.45) is 4.61. The van der Waals surface area contributed by atoms with E-state index in [9.17, 15) is 4.79 Å². The number of imidazole rings is 1. The van der Waals surface area contributed by atoms with Crippen LogP contribution in [0, 0.1) is 0 Å². The Morgan fingerprint density at radius 2 is 2.40 bits per heavy atom. The number of H-pyrrole nitrogens is 1. The molecule has 6 nitrogen and oxygen atoms in total. The van der Waals surface area contributed by atoms with E-state index in [4.69, 9.17) is 4.74 Å². The largest absolute Gasteiger partial charge is 0.493 e. The molecule has 2 heterocycles. The van der Waals surface area contributed by atoms with E-state index in [-0.39, 0.29) is 11.6 Å². The SMILES string of the molecule is COc1cnn(C)c1C(=O)c1ncc[nH]1. The molecule has 0 fully saturated rings. The average molecular weight is 206 g/mol. The number of ketones is 1. The van der Waals surface area contributed by atoms with E-state index >= 15 is 0 Å². The normalized spacial score (nSPS) is 10.3. The molecular formula is C9H10N4O2. The van der Waals surface area contributed by atoms with Gasteiger partial charge in [0.2, 0.25) is 5.78 Å². The van der Waals surface area contributed by atoms with Crippen LogP contribution in [0.15, 0.2) is 18.6 Å². The second kappa shape index (κ2) is 3.56. The number of nitrogens with zero attached hydrogens (tertiary/aromatic N) is 3. The Bertz CT molecular complexity index is 472. The number of methoxy groups -OCH3 is 1. The van der Waals surface area contributed by atoms with Crippen LogP contribution >= 0.6 is 0 Å². The van der Waals surface area contributed by atoms with Crippen molar-refractivity contribution >= 4 is 5.78 Å². The van der Waals surface area contributed by atoms with Crippen molar-refractivity contribution in [3.05, 3.63) is 30.1 Å². The predicted octanol–water partition coefficient (Wildman–Crippen LogP) is 0.383. The molecule has 0 atom stereocenters. The zero-order valence-electron chi connectivity index (χ0n) is 8.39. The number of hydrogen-bond donors (Lipinski definition) is 1. The van der Waals surface area contributed by atoms with Gasteiger partial charge in [-0.1, -0.05) is 0 Å². The number of carbonyl (C=O) groups excluding carboxylic acids is 1. The van der Waals surface area contributed by atoms with Crippen LogP contribution in [0.5, 0.6) is 5.75 Å². The summed E-state index contributed by atoms with van der Waals surface area (Å²) in [5.74, 6) is 0.479. The number of aromatic amines is 1. The number of ether oxygens (including phenoxy) is 1. The quantitative estimate of drug-likeness (QED) is 0.737. The second-order valence-electron chi connectivity index (χ2n) is 2.95. The van der Waals surface area contributed by atoms with Gasteiger partial charge in [0.1, 0.15) is 0 Å². The summed E-state index contributed by atoms with van der Waals surface area (Å²) in [4.78, 5) is 18.6. The van der Waals surface area contributed by atoms with E-state index in [2.05, 4.69) is 15.1 Å². The van der Waals surface area contributed by atoms with Gasteiger partial charge in [-0.2, -0.15) is 5.10 Å². The number of rotatable bonds is 3. The Balaban J connectivity index is 2.45.